The Morgan fingerprint density at radius 3 is 2.59 bits per heavy atom. The minimum absolute atomic E-state index is 0.124. The number of carbonyl (C=O) groups excluding carboxylic acids is 2. The lowest BCUT2D eigenvalue weighted by Gasteiger charge is -2.10. The second kappa shape index (κ2) is 7.20. The summed E-state index contributed by atoms with van der Waals surface area (Å²) in [5.41, 5.74) is 2.77. The Morgan fingerprint density at radius 2 is 1.79 bits per heavy atom. The number of aromatic carboxylic acids is 1. The molecule has 0 fully saturated rings. The summed E-state index contributed by atoms with van der Waals surface area (Å²) in [5.74, 6) is -2.86. The normalized spacial score (nSPS) is 12.2. The molecule has 0 unspecified atom stereocenters. The lowest BCUT2D eigenvalue weighted by Crippen LogP contribution is -2.15. The summed E-state index contributed by atoms with van der Waals surface area (Å²) in [5, 5.41) is 11.7. The van der Waals surface area contributed by atoms with Gasteiger partial charge in [0, 0.05) is 11.1 Å². The van der Waals surface area contributed by atoms with Crippen LogP contribution in [-0.2, 0) is 11.3 Å². The maximum Gasteiger partial charge on any atom is 0.338 e. The van der Waals surface area contributed by atoms with Gasteiger partial charge in [0.25, 0.3) is 5.91 Å². The molecule has 7 heteroatoms. The Bertz CT molecular complexity index is 1170. The van der Waals surface area contributed by atoms with Gasteiger partial charge in [0.2, 0.25) is 0 Å². The molecule has 0 saturated heterocycles. The summed E-state index contributed by atoms with van der Waals surface area (Å²) in [4.78, 5) is 35.5. The van der Waals surface area contributed by atoms with Crippen LogP contribution < -0.4 is 5.32 Å². The van der Waals surface area contributed by atoms with E-state index in [4.69, 9.17) is 4.74 Å². The van der Waals surface area contributed by atoms with E-state index in [-0.39, 0.29) is 29.4 Å². The van der Waals surface area contributed by atoms with Gasteiger partial charge in [-0.25, -0.2) is 14.0 Å². The smallest absolute Gasteiger partial charge is 0.338 e. The molecule has 4 rings (SSSR count). The SMILES string of the molecule is O=C(Nc1cc(F)ccc1C(=O)O)c1cccc(-c2ccc3c(c2)COC3=O)c1. The molecule has 2 N–H and O–H groups in total. The molecule has 144 valence electrons. The highest BCUT2D eigenvalue weighted by Crippen LogP contribution is 2.28. The van der Waals surface area contributed by atoms with Gasteiger partial charge < -0.3 is 15.2 Å². The number of esters is 1. The summed E-state index contributed by atoms with van der Waals surface area (Å²) in [6.07, 6.45) is 0. The second-order valence-electron chi connectivity index (χ2n) is 6.48. The molecule has 3 aromatic carbocycles. The molecule has 0 spiro atoms. The summed E-state index contributed by atoms with van der Waals surface area (Å²) in [7, 11) is 0. The molecular weight excluding hydrogens is 377 g/mol. The van der Waals surface area contributed by atoms with Crippen molar-refractivity contribution in [3.05, 3.63) is 88.7 Å². The predicted molar refractivity (Wildman–Crippen MR) is 102 cm³/mol. The molecular formula is C22H14FNO5. The Hall–Kier alpha value is -4.00. The average molecular weight is 391 g/mol. The van der Waals surface area contributed by atoms with Gasteiger partial charge in [-0.2, -0.15) is 0 Å². The highest BCUT2D eigenvalue weighted by molar-refractivity contribution is 6.08. The first-order valence-electron chi connectivity index (χ1n) is 8.67. The molecule has 0 saturated carbocycles. The van der Waals surface area contributed by atoms with Crippen LogP contribution in [0.25, 0.3) is 11.1 Å². The van der Waals surface area contributed by atoms with Gasteiger partial charge in [0.05, 0.1) is 16.8 Å². The lowest BCUT2D eigenvalue weighted by atomic mass is 9.99. The number of anilines is 1. The van der Waals surface area contributed by atoms with Gasteiger partial charge in [-0.3, -0.25) is 4.79 Å². The summed E-state index contributed by atoms with van der Waals surface area (Å²) < 4.78 is 18.5. The third-order valence-corrected chi connectivity index (χ3v) is 4.60. The molecule has 1 aliphatic rings. The third-order valence-electron chi connectivity index (χ3n) is 4.60. The van der Waals surface area contributed by atoms with E-state index < -0.39 is 17.7 Å². The number of carboxylic acid groups (broad SMARTS) is 1. The minimum atomic E-state index is -1.27. The monoisotopic (exact) mass is 391 g/mol. The number of carbonyl (C=O) groups is 3. The second-order valence-corrected chi connectivity index (χ2v) is 6.48. The van der Waals surface area contributed by atoms with Gasteiger partial charge >= 0.3 is 11.9 Å². The van der Waals surface area contributed by atoms with Crippen molar-refractivity contribution in [2.24, 2.45) is 0 Å². The largest absolute Gasteiger partial charge is 0.478 e. The highest BCUT2D eigenvalue weighted by atomic mass is 19.1. The van der Waals surface area contributed by atoms with Crippen LogP contribution in [-0.4, -0.2) is 23.0 Å². The Morgan fingerprint density at radius 1 is 1.00 bits per heavy atom. The zero-order valence-corrected chi connectivity index (χ0v) is 14.9. The van der Waals surface area contributed by atoms with Gasteiger partial charge in [0.15, 0.2) is 0 Å². The topological polar surface area (TPSA) is 92.7 Å². The summed E-state index contributed by atoms with van der Waals surface area (Å²) in [6.45, 7) is 0.208. The average Bonchev–Trinajstić information content (AvgIpc) is 3.08. The van der Waals surface area contributed by atoms with Crippen molar-refractivity contribution < 1.29 is 28.6 Å². The van der Waals surface area contributed by atoms with Crippen molar-refractivity contribution in [2.75, 3.05) is 5.32 Å². The fourth-order valence-electron chi connectivity index (χ4n) is 3.15. The number of hydrogen-bond donors (Lipinski definition) is 2. The number of carboxylic acids is 1. The molecule has 29 heavy (non-hydrogen) atoms. The molecule has 0 aromatic heterocycles. The molecule has 1 heterocycles. The fourth-order valence-corrected chi connectivity index (χ4v) is 3.15. The first-order chi connectivity index (χ1) is 13.9. The van der Waals surface area contributed by atoms with E-state index in [9.17, 15) is 23.9 Å². The Kier molecular flexibility index (Phi) is 4.56. The Labute approximate surface area is 164 Å². The zero-order valence-electron chi connectivity index (χ0n) is 14.9. The standard InChI is InChI=1S/C22H14FNO5/c23-16-5-7-18(21(26)27)19(10-16)24-20(25)14-3-1-2-12(8-14)13-4-6-17-15(9-13)11-29-22(17)28/h1-10H,11H2,(H,24,25)(H,26,27). The van der Waals surface area contributed by atoms with Crippen molar-refractivity contribution >= 4 is 23.5 Å². The number of amides is 1. The molecule has 0 radical (unpaired) electrons. The zero-order chi connectivity index (χ0) is 20.5. The van der Waals surface area contributed by atoms with E-state index in [1.165, 1.54) is 0 Å². The van der Waals surface area contributed by atoms with Crippen LogP contribution in [0.4, 0.5) is 10.1 Å². The summed E-state index contributed by atoms with van der Waals surface area (Å²) in [6, 6.07) is 15.0. The number of fused-ring (bicyclic) bond motifs is 1. The number of benzene rings is 3. The number of halogens is 1. The van der Waals surface area contributed by atoms with E-state index in [0.717, 1.165) is 34.9 Å². The number of rotatable bonds is 4. The van der Waals surface area contributed by atoms with Crippen LogP contribution in [0.5, 0.6) is 0 Å². The molecule has 3 aromatic rings. The Balaban J connectivity index is 1.63. The van der Waals surface area contributed by atoms with E-state index in [0.29, 0.717) is 5.56 Å². The molecule has 0 aliphatic carbocycles. The lowest BCUT2D eigenvalue weighted by molar-refractivity contribution is 0.0534. The van der Waals surface area contributed by atoms with Crippen molar-refractivity contribution in [1.29, 1.82) is 0 Å². The highest BCUT2D eigenvalue weighted by Gasteiger charge is 2.21. The number of nitrogens with one attached hydrogen (secondary N) is 1. The van der Waals surface area contributed by atoms with E-state index in [2.05, 4.69) is 5.32 Å². The molecule has 1 amide bonds. The van der Waals surface area contributed by atoms with E-state index in [1.54, 1.807) is 36.4 Å². The van der Waals surface area contributed by atoms with Crippen LogP contribution in [0.1, 0.15) is 36.6 Å². The van der Waals surface area contributed by atoms with E-state index in [1.807, 2.05) is 6.07 Å². The maximum atomic E-state index is 13.5. The van der Waals surface area contributed by atoms with Gasteiger partial charge in [-0.05, 0) is 53.6 Å². The van der Waals surface area contributed by atoms with Crippen molar-refractivity contribution in [3.63, 3.8) is 0 Å². The molecule has 0 atom stereocenters. The van der Waals surface area contributed by atoms with Crippen molar-refractivity contribution in [2.45, 2.75) is 6.61 Å². The number of cyclic esters (lactones) is 1. The van der Waals surface area contributed by atoms with Crippen LogP contribution in [0.3, 0.4) is 0 Å². The van der Waals surface area contributed by atoms with Crippen molar-refractivity contribution in [3.8, 4) is 11.1 Å². The molecule has 1 aliphatic heterocycles. The first kappa shape index (κ1) is 18.4. The van der Waals surface area contributed by atoms with E-state index >= 15 is 0 Å². The van der Waals surface area contributed by atoms with Crippen LogP contribution in [0, 0.1) is 5.82 Å². The first-order valence-corrected chi connectivity index (χ1v) is 8.67. The quantitative estimate of drug-likeness (QED) is 0.653. The summed E-state index contributed by atoms with van der Waals surface area (Å²) >= 11 is 0. The van der Waals surface area contributed by atoms with Crippen molar-refractivity contribution in [1.82, 2.24) is 0 Å². The number of ether oxygens (including phenoxy) is 1. The number of hydrogen-bond acceptors (Lipinski definition) is 4. The predicted octanol–water partition coefficient (Wildman–Crippen LogP) is 4.11. The molecule has 6 nitrogen and oxygen atoms in total. The third kappa shape index (κ3) is 3.58. The fraction of sp³-hybridized carbons (Fsp3) is 0.0455. The van der Waals surface area contributed by atoms with Gasteiger partial charge in [-0.1, -0.05) is 18.2 Å². The van der Waals surface area contributed by atoms with Crippen LogP contribution in [0.15, 0.2) is 60.7 Å². The maximum absolute atomic E-state index is 13.5. The van der Waals surface area contributed by atoms with Crippen LogP contribution in [0.2, 0.25) is 0 Å². The van der Waals surface area contributed by atoms with Crippen LogP contribution >= 0.6 is 0 Å². The minimum Gasteiger partial charge on any atom is -0.478 e. The molecule has 0 bridgehead atoms. The van der Waals surface area contributed by atoms with Gasteiger partial charge in [-0.15, -0.1) is 0 Å². The van der Waals surface area contributed by atoms with Gasteiger partial charge in [0.1, 0.15) is 12.4 Å².